The van der Waals surface area contributed by atoms with Crippen LogP contribution in [0, 0.1) is 6.92 Å². The first-order valence-electron chi connectivity index (χ1n) is 8.68. The van der Waals surface area contributed by atoms with Crippen LogP contribution in [-0.2, 0) is 19.4 Å². The molecule has 0 radical (unpaired) electrons. The smallest absolute Gasteiger partial charge is 0.134 e. The number of fused-ring (bicyclic) bond motifs is 1. The lowest BCUT2D eigenvalue weighted by molar-refractivity contribution is 0.467. The number of hydrogen-bond acceptors (Lipinski definition) is 4. The van der Waals surface area contributed by atoms with Crippen LogP contribution in [0.5, 0.6) is 0 Å². The lowest BCUT2D eigenvalue weighted by Gasteiger charge is -2.26. The van der Waals surface area contributed by atoms with Crippen molar-refractivity contribution in [2.75, 3.05) is 11.4 Å². The lowest BCUT2D eigenvalue weighted by atomic mass is 10.1. The number of para-hydroxylation sites is 1. The topological polar surface area (TPSA) is 37.2 Å². The van der Waals surface area contributed by atoms with Crippen molar-refractivity contribution in [2.45, 2.75) is 39.2 Å². The molecule has 24 heavy (non-hydrogen) atoms. The van der Waals surface area contributed by atoms with Crippen molar-refractivity contribution in [3.63, 3.8) is 0 Å². The molecule has 2 aliphatic rings. The van der Waals surface area contributed by atoms with Crippen LogP contribution >= 0.6 is 0 Å². The minimum Gasteiger partial charge on any atom is -0.351 e. The second kappa shape index (κ2) is 6.51. The summed E-state index contributed by atoms with van der Waals surface area (Å²) in [5, 5.41) is 8.72. The van der Waals surface area contributed by atoms with E-state index < -0.39 is 0 Å². The van der Waals surface area contributed by atoms with Crippen molar-refractivity contribution in [2.24, 2.45) is 0 Å². The predicted molar refractivity (Wildman–Crippen MR) is 95.3 cm³/mol. The molecule has 0 fully saturated rings. The van der Waals surface area contributed by atoms with Crippen LogP contribution in [0.4, 0.5) is 5.69 Å². The molecular formula is C19H23N5. The summed E-state index contributed by atoms with van der Waals surface area (Å²) in [5.74, 6) is 2.28. The molecule has 0 unspecified atom stereocenters. The van der Waals surface area contributed by atoms with Crippen molar-refractivity contribution in [1.82, 2.24) is 19.7 Å². The summed E-state index contributed by atoms with van der Waals surface area (Å²) in [7, 11) is 0. The molecule has 0 aliphatic carbocycles. The third kappa shape index (κ3) is 2.94. The summed E-state index contributed by atoms with van der Waals surface area (Å²) in [6.07, 6.45) is 13.0. The number of anilines is 1. The number of hydrogen-bond donors (Lipinski definition) is 0. The van der Waals surface area contributed by atoms with Gasteiger partial charge in [0.15, 0.2) is 0 Å². The van der Waals surface area contributed by atoms with Gasteiger partial charge in [-0.2, -0.15) is 0 Å². The molecule has 5 nitrogen and oxygen atoms in total. The summed E-state index contributed by atoms with van der Waals surface area (Å²) in [5.41, 5.74) is 2.49. The molecule has 1 aromatic heterocycles. The Morgan fingerprint density at radius 1 is 1.00 bits per heavy atom. The Bertz CT molecular complexity index is 760. The van der Waals surface area contributed by atoms with E-state index in [1.165, 1.54) is 24.1 Å². The molecule has 4 rings (SSSR count). The molecule has 0 atom stereocenters. The minimum atomic E-state index is 0.923. The SMILES string of the molecule is Cc1ccccc1N1C=CN(CCc2nnc3n2CCCC3)C=C1. The van der Waals surface area contributed by atoms with Gasteiger partial charge in [-0.1, -0.05) is 18.2 Å². The predicted octanol–water partition coefficient (Wildman–Crippen LogP) is 3.23. The largest absolute Gasteiger partial charge is 0.351 e. The van der Waals surface area contributed by atoms with Crippen molar-refractivity contribution in [3.05, 3.63) is 66.3 Å². The van der Waals surface area contributed by atoms with Gasteiger partial charge in [0.05, 0.1) is 0 Å². The molecule has 3 heterocycles. The van der Waals surface area contributed by atoms with Crippen LogP contribution in [0.3, 0.4) is 0 Å². The Morgan fingerprint density at radius 3 is 2.67 bits per heavy atom. The van der Waals surface area contributed by atoms with Crippen molar-refractivity contribution in [1.29, 1.82) is 0 Å². The number of benzene rings is 1. The fourth-order valence-electron chi connectivity index (χ4n) is 3.36. The highest BCUT2D eigenvalue weighted by Crippen LogP contribution is 2.22. The molecular weight excluding hydrogens is 298 g/mol. The molecule has 0 saturated heterocycles. The van der Waals surface area contributed by atoms with Gasteiger partial charge in [-0.15, -0.1) is 10.2 Å². The first-order valence-corrected chi connectivity index (χ1v) is 8.68. The van der Waals surface area contributed by atoms with Crippen LogP contribution in [0.2, 0.25) is 0 Å². The number of aromatic nitrogens is 3. The standard InChI is InChI=1S/C19H23N5/c1-16-6-2-3-7-17(16)23-14-12-22(13-15-23)11-9-19-21-20-18-8-4-5-10-24(18)19/h2-3,6-7,12-15H,4-5,8-11H2,1H3. The third-order valence-corrected chi connectivity index (χ3v) is 4.76. The van der Waals surface area contributed by atoms with Gasteiger partial charge < -0.3 is 14.4 Å². The van der Waals surface area contributed by atoms with Crippen LogP contribution in [0.15, 0.2) is 49.1 Å². The molecule has 0 N–H and O–H groups in total. The van der Waals surface area contributed by atoms with Gasteiger partial charge in [0.1, 0.15) is 11.6 Å². The van der Waals surface area contributed by atoms with E-state index in [0.29, 0.717) is 0 Å². The van der Waals surface area contributed by atoms with Crippen LogP contribution in [0.25, 0.3) is 0 Å². The molecule has 2 aromatic rings. The average molecular weight is 321 g/mol. The Kier molecular flexibility index (Phi) is 4.07. The highest BCUT2D eigenvalue weighted by molar-refractivity contribution is 5.58. The molecule has 0 spiro atoms. The van der Waals surface area contributed by atoms with Gasteiger partial charge in [-0.3, -0.25) is 0 Å². The van der Waals surface area contributed by atoms with Gasteiger partial charge in [0, 0.05) is 56.4 Å². The Hall–Kier alpha value is -2.56. The van der Waals surface area contributed by atoms with Gasteiger partial charge in [-0.25, -0.2) is 0 Å². The summed E-state index contributed by atoms with van der Waals surface area (Å²) in [6, 6.07) is 8.42. The molecule has 2 aliphatic heterocycles. The van der Waals surface area contributed by atoms with E-state index in [-0.39, 0.29) is 0 Å². The van der Waals surface area contributed by atoms with E-state index >= 15 is 0 Å². The number of rotatable bonds is 4. The highest BCUT2D eigenvalue weighted by Gasteiger charge is 2.16. The first kappa shape index (κ1) is 15.0. The quantitative estimate of drug-likeness (QED) is 0.866. The Morgan fingerprint density at radius 2 is 1.83 bits per heavy atom. The second-order valence-electron chi connectivity index (χ2n) is 6.42. The maximum atomic E-state index is 4.38. The van der Waals surface area contributed by atoms with Crippen LogP contribution in [0.1, 0.15) is 30.1 Å². The van der Waals surface area contributed by atoms with E-state index in [9.17, 15) is 0 Å². The van der Waals surface area contributed by atoms with Gasteiger partial charge in [0.25, 0.3) is 0 Å². The molecule has 0 saturated carbocycles. The third-order valence-electron chi connectivity index (χ3n) is 4.76. The lowest BCUT2D eigenvalue weighted by Crippen LogP contribution is -2.23. The Balaban J connectivity index is 1.38. The zero-order chi connectivity index (χ0) is 16.4. The highest BCUT2D eigenvalue weighted by atomic mass is 15.3. The van der Waals surface area contributed by atoms with E-state index in [2.05, 4.69) is 80.6 Å². The molecule has 0 bridgehead atoms. The van der Waals surface area contributed by atoms with Crippen molar-refractivity contribution in [3.8, 4) is 0 Å². The summed E-state index contributed by atoms with van der Waals surface area (Å²) in [6.45, 7) is 4.13. The fraction of sp³-hybridized carbons (Fsp3) is 0.368. The monoisotopic (exact) mass is 321 g/mol. The van der Waals surface area contributed by atoms with Crippen LogP contribution < -0.4 is 4.90 Å². The summed E-state index contributed by atoms with van der Waals surface area (Å²) < 4.78 is 2.31. The number of nitrogens with zero attached hydrogens (tertiary/aromatic N) is 5. The maximum absolute atomic E-state index is 4.38. The Labute approximate surface area is 142 Å². The summed E-state index contributed by atoms with van der Waals surface area (Å²) in [4.78, 5) is 4.37. The molecule has 124 valence electrons. The van der Waals surface area contributed by atoms with E-state index in [4.69, 9.17) is 0 Å². The molecule has 1 aromatic carbocycles. The zero-order valence-electron chi connectivity index (χ0n) is 14.1. The average Bonchev–Trinajstić information content (AvgIpc) is 3.04. The van der Waals surface area contributed by atoms with Gasteiger partial charge >= 0.3 is 0 Å². The van der Waals surface area contributed by atoms with E-state index in [1.807, 2.05) is 0 Å². The van der Waals surface area contributed by atoms with Crippen molar-refractivity contribution < 1.29 is 0 Å². The van der Waals surface area contributed by atoms with Crippen LogP contribution in [-0.4, -0.2) is 26.2 Å². The summed E-state index contributed by atoms with van der Waals surface area (Å²) >= 11 is 0. The molecule has 0 amide bonds. The zero-order valence-corrected chi connectivity index (χ0v) is 14.1. The minimum absolute atomic E-state index is 0.923. The van der Waals surface area contributed by atoms with Gasteiger partial charge in [0.2, 0.25) is 0 Å². The normalized spacial score (nSPS) is 16.5. The van der Waals surface area contributed by atoms with Crippen molar-refractivity contribution >= 4 is 5.69 Å². The van der Waals surface area contributed by atoms with E-state index in [0.717, 1.165) is 37.6 Å². The maximum Gasteiger partial charge on any atom is 0.134 e. The first-order chi connectivity index (χ1) is 11.8. The second-order valence-corrected chi connectivity index (χ2v) is 6.42. The van der Waals surface area contributed by atoms with E-state index in [1.54, 1.807) is 0 Å². The molecule has 5 heteroatoms. The number of aryl methyl sites for hydroxylation is 2. The fourth-order valence-corrected chi connectivity index (χ4v) is 3.36. The van der Waals surface area contributed by atoms with Gasteiger partial charge in [-0.05, 0) is 31.4 Å².